The number of nitrogens with zero attached hydrogens (tertiary/aromatic N) is 2. The van der Waals surface area contributed by atoms with E-state index in [4.69, 9.17) is 21.1 Å². The van der Waals surface area contributed by atoms with Crippen LogP contribution in [0.25, 0.3) is 11.4 Å². The summed E-state index contributed by atoms with van der Waals surface area (Å²) in [5.74, 6) is 0.846. The molecule has 0 unspecified atom stereocenters. The molecule has 0 fully saturated rings. The monoisotopic (exact) mass is 307 g/mol. The molecule has 1 heterocycles. The molecule has 21 heavy (non-hydrogen) atoms. The Morgan fingerprint density at radius 2 is 1.86 bits per heavy atom. The fourth-order valence-corrected chi connectivity index (χ4v) is 1.74. The Morgan fingerprint density at radius 1 is 1.19 bits per heavy atom. The molecule has 1 aromatic heterocycles. The van der Waals surface area contributed by atoms with Crippen LogP contribution in [0.15, 0.2) is 30.3 Å². The van der Waals surface area contributed by atoms with Crippen molar-refractivity contribution < 1.29 is 14.3 Å². The highest BCUT2D eigenvalue weighted by molar-refractivity contribution is 6.29. The molecule has 0 atom stereocenters. The first-order valence-corrected chi connectivity index (χ1v) is 6.63. The minimum atomic E-state index is -0.280. The summed E-state index contributed by atoms with van der Waals surface area (Å²) < 4.78 is 10.2. The maximum absolute atomic E-state index is 11.3. The quantitative estimate of drug-likeness (QED) is 0.858. The number of hydrogen-bond donors (Lipinski definition) is 1. The second-order valence-corrected chi connectivity index (χ2v) is 4.31. The molecule has 1 N–H and O–H groups in total. The van der Waals surface area contributed by atoms with Crippen LogP contribution in [0.4, 0.5) is 5.69 Å². The highest BCUT2D eigenvalue weighted by atomic mass is 35.5. The van der Waals surface area contributed by atoms with E-state index in [9.17, 15) is 4.79 Å². The van der Waals surface area contributed by atoms with Gasteiger partial charge in [0, 0.05) is 11.3 Å². The molecule has 0 aliphatic rings. The van der Waals surface area contributed by atoms with Crippen molar-refractivity contribution in [1.82, 2.24) is 9.97 Å². The average Bonchev–Trinajstić information content (AvgIpc) is 2.54. The Balaban J connectivity index is 2.37. The molecular weight excluding hydrogens is 294 g/mol. The minimum absolute atomic E-state index is 0.103. The normalized spacial score (nSPS) is 10.0. The molecule has 0 radical (unpaired) electrons. The summed E-state index contributed by atoms with van der Waals surface area (Å²) >= 11 is 5.47. The number of nitrogens with one attached hydrogen (secondary N) is 1. The number of hydrogen-bond acceptors (Lipinski definition) is 5. The molecule has 0 spiro atoms. The van der Waals surface area contributed by atoms with Gasteiger partial charge in [-0.1, -0.05) is 12.1 Å². The van der Waals surface area contributed by atoms with Crippen molar-refractivity contribution in [2.45, 2.75) is 0 Å². The van der Waals surface area contributed by atoms with Gasteiger partial charge in [-0.3, -0.25) is 4.79 Å². The van der Waals surface area contributed by atoms with E-state index >= 15 is 0 Å². The van der Waals surface area contributed by atoms with Gasteiger partial charge in [0.05, 0.1) is 20.3 Å². The van der Waals surface area contributed by atoms with E-state index in [2.05, 4.69) is 15.3 Å². The van der Waals surface area contributed by atoms with Crippen LogP contribution in [0.3, 0.4) is 0 Å². The predicted octanol–water partition coefficient (Wildman–Crippen LogP) is 2.34. The van der Waals surface area contributed by atoms with E-state index in [1.165, 1.54) is 14.2 Å². The lowest BCUT2D eigenvalue weighted by atomic mass is 10.2. The third-order valence-corrected chi connectivity index (χ3v) is 2.87. The van der Waals surface area contributed by atoms with Gasteiger partial charge >= 0.3 is 0 Å². The van der Waals surface area contributed by atoms with E-state index in [0.717, 1.165) is 5.56 Å². The molecular formula is C14H14ClN3O3. The number of rotatable bonds is 5. The van der Waals surface area contributed by atoms with Gasteiger partial charge in [-0.2, -0.15) is 9.97 Å². The summed E-state index contributed by atoms with van der Waals surface area (Å²) in [7, 11) is 3.03. The second kappa shape index (κ2) is 6.90. The van der Waals surface area contributed by atoms with Crippen LogP contribution in [-0.2, 0) is 4.79 Å². The largest absolute Gasteiger partial charge is 0.481 e. The molecule has 0 bridgehead atoms. The maximum Gasteiger partial charge on any atom is 0.239 e. The number of methoxy groups -OCH3 is 2. The summed E-state index contributed by atoms with van der Waals surface area (Å²) in [5, 5.41) is 2.67. The molecule has 0 aliphatic heterocycles. The number of ether oxygens (including phenoxy) is 2. The topological polar surface area (TPSA) is 73.3 Å². The summed E-state index contributed by atoms with van der Waals surface area (Å²) in [4.78, 5) is 19.8. The number of carbonyl (C=O) groups is 1. The predicted molar refractivity (Wildman–Crippen MR) is 79.9 cm³/mol. The van der Waals surface area contributed by atoms with Crippen molar-refractivity contribution in [1.29, 1.82) is 0 Å². The number of halogens is 1. The highest BCUT2D eigenvalue weighted by Crippen LogP contribution is 2.24. The average molecular weight is 308 g/mol. The number of carbonyl (C=O) groups excluding carboxylic acids is 1. The van der Waals surface area contributed by atoms with Gasteiger partial charge in [-0.25, -0.2) is 0 Å². The highest BCUT2D eigenvalue weighted by Gasteiger charge is 2.09. The Kier molecular flexibility index (Phi) is 4.94. The van der Waals surface area contributed by atoms with Crippen molar-refractivity contribution >= 4 is 23.2 Å². The number of alkyl halides is 1. The van der Waals surface area contributed by atoms with Crippen LogP contribution in [-0.4, -0.2) is 36.0 Å². The van der Waals surface area contributed by atoms with Crippen LogP contribution >= 0.6 is 11.6 Å². The van der Waals surface area contributed by atoms with Crippen molar-refractivity contribution in [2.75, 3.05) is 25.4 Å². The lowest BCUT2D eigenvalue weighted by Gasteiger charge is -2.08. The van der Waals surface area contributed by atoms with Gasteiger partial charge in [0.15, 0.2) is 5.82 Å². The molecule has 2 aromatic rings. The van der Waals surface area contributed by atoms with E-state index < -0.39 is 0 Å². The number of aromatic nitrogens is 2. The summed E-state index contributed by atoms with van der Waals surface area (Å²) in [6.45, 7) is 0. The molecule has 2 rings (SSSR count). The lowest BCUT2D eigenvalue weighted by Crippen LogP contribution is -2.12. The number of amides is 1. The first-order valence-electron chi connectivity index (χ1n) is 6.09. The molecule has 0 aliphatic carbocycles. The molecule has 1 amide bonds. The van der Waals surface area contributed by atoms with E-state index in [0.29, 0.717) is 23.3 Å². The lowest BCUT2D eigenvalue weighted by molar-refractivity contribution is -0.113. The van der Waals surface area contributed by atoms with Crippen molar-refractivity contribution in [3.63, 3.8) is 0 Å². The Bertz CT molecular complexity index is 627. The zero-order valence-electron chi connectivity index (χ0n) is 11.6. The van der Waals surface area contributed by atoms with Crippen LogP contribution in [0.1, 0.15) is 0 Å². The number of anilines is 1. The first kappa shape index (κ1) is 15.1. The molecule has 110 valence electrons. The molecule has 7 heteroatoms. The Morgan fingerprint density at radius 3 is 2.43 bits per heavy atom. The van der Waals surface area contributed by atoms with Gasteiger partial charge in [0.25, 0.3) is 0 Å². The minimum Gasteiger partial charge on any atom is -0.481 e. The fraction of sp³-hybridized carbons (Fsp3) is 0.214. The Hall–Kier alpha value is -2.34. The fourth-order valence-electron chi connectivity index (χ4n) is 1.67. The molecule has 0 saturated heterocycles. The maximum atomic E-state index is 11.3. The summed E-state index contributed by atoms with van der Waals surface area (Å²) in [6, 6.07) is 8.70. The molecule has 0 saturated carbocycles. The van der Waals surface area contributed by atoms with Crippen LogP contribution in [0.2, 0.25) is 0 Å². The standard InChI is InChI=1S/C14H14ClN3O3/c1-20-12-7-13(21-2)18-14(17-12)9-4-3-5-10(6-9)16-11(19)8-15/h3-7H,8H2,1-2H3,(H,16,19). The molecule has 6 nitrogen and oxygen atoms in total. The summed E-state index contributed by atoms with van der Waals surface area (Å²) in [6.07, 6.45) is 0. The SMILES string of the molecule is COc1cc(OC)nc(-c2cccc(NC(=O)CCl)c2)n1. The third-order valence-electron chi connectivity index (χ3n) is 2.62. The van der Waals surface area contributed by atoms with E-state index in [1.807, 2.05) is 6.07 Å². The van der Waals surface area contributed by atoms with Gasteiger partial charge in [0.2, 0.25) is 17.7 Å². The van der Waals surface area contributed by atoms with Crippen molar-refractivity contribution in [2.24, 2.45) is 0 Å². The van der Waals surface area contributed by atoms with Gasteiger partial charge < -0.3 is 14.8 Å². The van der Waals surface area contributed by atoms with Crippen LogP contribution in [0, 0.1) is 0 Å². The zero-order valence-corrected chi connectivity index (χ0v) is 12.3. The first-order chi connectivity index (χ1) is 10.2. The second-order valence-electron chi connectivity index (χ2n) is 4.04. The van der Waals surface area contributed by atoms with E-state index in [1.54, 1.807) is 24.3 Å². The van der Waals surface area contributed by atoms with Gasteiger partial charge in [-0.15, -0.1) is 11.6 Å². The summed E-state index contributed by atoms with van der Waals surface area (Å²) in [5.41, 5.74) is 1.34. The van der Waals surface area contributed by atoms with Crippen LogP contribution in [0.5, 0.6) is 11.8 Å². The van der Waals surface area contributed by atoms with Crippen LogP contribution < -0.4 is 14.8 Å². The smallest absolute Gasteiger partial charge is 0.239 e. The van der Waals surface area contributed by atoms with E-state index in [-0.39, 0.29) is 11.8 Å². The van der Waals surface area contributed by atoms with Crippen molar-refractivity contribution in [3.05, 3.63) is 30.3 Å². The Labute approximate surface area is 127 Å². The van der Waals surface area contributed by atoms with Crippen molar-refractivity contribution in [3.8, 4) is 23.1 Å². The van der Waals surface area contributed by atoms with Gasteiger partial charge in [0.1, 0.15) is 5.88 Å². The number of benzene rings is 1. The molecule has 1 aromatic carbocycles. The third kappa shape index (κ3) is 3.82. The zero-order chi connectivity index (χ0) is 15.2. The van der Waals surface area contributed by atoms with Gasteiger partial charge in [-0.05, 0) is 12.1 Å².